The van der Waals surface area contributed by atoms with E-state index < -0.39 is 0 Å². The Balaban J connectivity index is 1.66. The zero-order valence-corrected chi connectivity index (χ0v) is 16.8. The molecule has 3 rings (SSSR count). The number of anilines is 1. The summed E-state index contributed by atoms with van der Waals surface area (Å²) in [5, 5.41) is 10.3. The minimum Gasteiger partial charge on any atom is -0.506 e. The average molecular weight is 390 g/mol. The van der Waals surface area contributed by atoms with Gasteiger partial charge in [0.1, 0.15) is 11.5 Å². The highest BCUT2D eigenvalue weighted by atomic mass is 16.5. The quantitative estimate of drug-likeness (QED) is 0.562. The summed E-state index contributed by atoms with van der Waals surface area (Å²) < 4.78 is 5.91. The van der Waals surface area contributed by atoms with Crippen LogP contribution in [0.15, 0.2) is 66.9 Å². The molecule has 0 bridgehead atoms. The second-order valence-electron chi connectivity index (χ2n) is 6.96. The summed E-state index contributed by atoms with van der Waals surface area (Å²) in [7, 11) is 0. The highest BCUT2D eigenvalue weighted by Crippen LogP contribution is 2.28. The molecule has 0 aliphatic heterocycles. The largest absolute Gasteiger partial charge is 0.506 e. The number of aromatic hydroxyl groups is 1. The molecule has 1 N–H and O–H groups in total. The van der Waals surface area contributed by atoms with Gasteiger partial charge in [-0.2, -0.15) is 0 Å². The van der Waals surface area contributed by atoms with Gasteiger partial charge in [-0.3, -0.25) is 9.78 Å². The number of rotatable bonds is 8. The van der Waals surface area contributed by atoms with Crippen LogP contribution < -0.4 is 9.64 Å². The van der Waals surface area contributed by atoms with Crippen LogP contribution >= 0.6 is 0 Å². The molecule has 29 heavy (non-hydrogen) atoms. The maximum Gasteiger partial charge on any atom is 0.227 e. The number of hydrogen-bond donors (Lipinski definition) is 1. The second kappa shape index (κ2) is 9.73. The zero-order chi connectivity index (χ0) is 20.6. The van der Waals surface area contributed by atoms with E-state index in [0.29, 0.717) is 31.7 Å². The van der Waals surface area contributed by atoms with Crippen LogP contribution in [0.5, 0.6) is 11.5 Å². The molecule has 0 spiro atoms. The number of carbonyl (C=O) groups excluding carboxylic acids is 1. The van der Waals surface area contributed by atoms with Crippen molar-refractivity contribution in [1.82, 2.24) is 4.98 Å². The highest BCUT2D eigenvalue weighted by Gasteiger charge is 2.19. The summed E-state index contributed by atoms with van der Waals surface area (Å²) in [5.41, 5.74) is 3.42. The highest BCUT2D eigenvalue weighted by molar-refractivity contribution is 5.94. The molecule has 1 aromatic heterocycles. The monoisotopic (exact) mass is 390 g/mol. The number of phenolic OH excluding ortho intramolecular Hbond substituents is 1. The van der Waals surface area contributed by atoms with Crippen molar-refractivity contribution in [2.75, 3.05) is 11.5 Å². The van der Waals surface area contributed by atoms with E-state index in [1.807, 2.05) is 50.2 Å². The van der Waals surface area contributed by atoms with Gasteiger partial charge in [0.25, 0.3) is 0 Å². The predicted octanol–water partition coefficient (Wildman–Crippen LogP) is 4.80. The predicted molar refractivity (Wildman–Crippen MR) is 114 cm³/mol. The Labute approximate surface area is 171 Å². The molecular weight excluding hydrogens is 364 g/mol. The molecule has 3 aromatic rings. The van der Waals surface area contributed by atoms with Gasteiger partial charge in [0.15, 0.2) is 0 Å². The van der Waals surface area contributed by atoms with Crippen molar-refractivity contribution in [3.8, 4) is 11.5 Å². The fraction of sp³-hybridized carbons (Fsp3) is 0.250. The van der Waals surface area contributed by atoms with E-state index in [1.165, 1.54) is 0 Å². The van der Waals surface area contributed by atoms with Crippen molar-refractivity contribution in [1.29, 1.82) is 0 Å². The number of hydrogen-bond acceptors (Lipinski definition) is 4. The molecule has 0 saturated heterocycles. The topological polar surface area (TPSA) is 62.7 Å². The number of para-hydroxylation sites is 3. The Hall–Kier alpha value is -3.34. The molecule has 0 radical (unpaired) electrons. The van der Waals surface area contributed by atoms with Crippen LogP contribution in [0.2, 0.25) is 0 Å². The minimum absolute atomic E-state index is 0.0727. The van der Waals surface area contributed by atoms with E-state index in [9.17, 15) is 9.90 Å². The van der Waals surface area contributed by atoms with Gasteiger partial charge in [0, 0.05) is 12.6 Å². The van der Waals surface area contributed by atoms with Crippen molar-refractivity contribution in [3.63, 3.8) is 0 Å². The molecule has 0 fully saturated rings. The number of benzene rings is 2. The number of ether oxygens (including phenoxy) is 1. The first-order chi connectivity index (χ1) is 14.1. The molecule has 0 aliphatic rings. The molecular formula is C24H26N2O3. The smallest absolute Gasteiger partial charge is 0.227 e. The Morgan fingerprint density at radius 3 is 2.41 bits per heavy atom. The molecule has 2 aromatic carbocycles. The van der Waals surface area contributed by atoms with E-state index in [0.717, 1.165) is 22.6 Å². The van der Waals surface area contributed by atoms with Crippen molar-refractivity contribution in [3.05, 3.63) is 83.7 Å². The first kappa shape index (κ1) is 20.4. The maximum atomic E-state index is 13.0. The SMILES string of the molecule is Cc1cccc(C)c1OCCCC(=O)N(Cc1ccccn1)c1ccccc1O. The lowest BCUT2D eigenvalue weighted by Gasteiger charge is -2.23. The number of aromatic nitrogens is 1. The van der Waals surface area contributed by atoms with Crippen molar-refractivity contribution >= 4 is 11.6 Å². The van der Waals surface area contributed by atoms with E-state index in [4.69, 9.17) is 4.74 Å². The van der Waals surface area contributed by atoms with Crippen LogP contribution in [0, 0.1) is 13.8 Å². The third-order valence-corrected chi connectivity index (χ3v) is 4.71. The van der Waals surface area contributed by atoms with Gasteiger partial charge in [-0.05, 0) is 55.7 Å². The molecule has 0 aliphatic carbocycles. The molecule has 1 heterocycles. The standard InChI is InChI=1S/C24H26N2O3/c1-18-9-7-10-19(2)24(18)29-16-8-14-23(28)26(17-20-11-5-6-15-25-20)21-12-3-4-13-22(21)27/h3-7,9-13,15,27H,8,14,16-17H2,1-2H3. The Morgan fingerprint density at radius 2 is 1.72 bits per heavy atom. The number of phenols is 1. The van der Waals surface area contributed by atoms with Crippen LogP contribution in [0.1, 0.15) is 29.7 Å². The normalized spacial score (nSPS) is 10.6. The molecule has 0 unspecified atom stereocenters. The first-order valence-electron chi connectivity index (χ1n) is 9.73. The lowest BCUT2D eigenvalue weighted by atomic mass is 10.1. The van der Waals surface area contributed by atoms with Gasteiger partial charge in [-0.1, -0.05) is 36.4 Å². The molecule has 5 heteroatoms. The zero-order valence-electron chi connectivity index (χ0n) is 16.8. The average Bonchev–Trinajstić information content (AvgIpc) is 2.72. The van der Waals surface area contributed by atoms with E-state index in [2.05, 4.69) is 4.98 Å². The summed E-state index contributed by atoms with van der Waals surface area (Å²) in [6.07, 6.45) is 2.59. The van der Waals surface area contributed by atoms with Gasteiger partial charge in [0.2, 0.25) is 5.91 Å². The van der Waals surface area contributed by atoms with Crippen LogP contribution in [0.4, 0.5) is 5.69 Å². The molecule has 0 saturated carbocycles. The van der Waals surface area contributed by atoms with Gasteiger partial charge in [-0.25, -0.2) is 0 Å². The van der Waals surface area contributed by atoms with Crippen molar-refractivity contribution < 1.29 is 14.6 Å². The van der Waals surface area contributed by atoms with Gasteiger partial charge in [0.05, 0.1) is 24.5 Å². The Kier molecular flexibility index (Phi) is 6.85. The lowest BCUT2D eigenvalue weighted by Crippen LogP contribution is -2.31. The third kappa shape index (κ3) is 5.35. The van der Waals surface area contributed by atoms with Crippen molar-refractivity contribution in [2.24, 2.45) is 0 Å². The summed E-state index contributed by atoms with van der Waals surface area (Å²) in [6.45, 7) is 4.78. The van der Waals surface area contributed by atoms with E-state index in [-0.39, 0.29) is 11.7 Å². The Morgan fingerprint density at radius 1 is 1.00 bits per heavy atom. The molecule has 1 amide bonds. The van der Waals surface area contributed by atoms with Gasteiger partial charge >= 0.3 is 0 Å². The summed E-state index contributed by atoms with van der Waals surface area (Å²) in [4.78, 5) is 18.9. The molecule has 5 nitrogen and oxygen atoms in total. The van der Waals surface area contributed by atoms with Crippen LogP contribution in [-0.4, -0.2) is 22.6 Å². The number of amides is 1. The summed E-state index contributed by atoms with van der Waals surface area (Å²) >= 11 is 0. The second-order valence-corrected chi connectivity index (χ2v) is 6.96. The van der Waals surface area contributed by atoms with E-state index in [1.54, 1.807) is 35.4 Å². The van der Waals surface area contributed by atoms with Crippen molar-refractivity contribution in [2.45, 2.75) is 33.2 Å². The molecule has 150 valence electrons. The van der Waals surface area contributed by atoms with Crippen LogP contribution in [0.25, 0.3) is 0 Å². The van der Waals surface area contributed by atoms with Crippen LogP contribution in [0.3, 0.4) is 0 Å². The fourth-order valence-corrected chi connectivity index (χ4v) is 3.21. The number of pyridine rings is 1. The van der Waals surface area contributed by atoms with Crippen LogP contribution in [-0.2, 0) is 11.3 Å². The van der Waals surface area contributed by atoms with Gasteiger partial charge in [-0.15, -0.1) is 0 Å². The fourth-order valence-electron chi connectivity index (χ4n) is 3.21. The van der Waals surface area contributed by atoms with E-state index >= 15 is 0 Å². The summed E-state index contributed by atoms with van der Waals surface area (Å²) in [6, 6.07) is 18.5. The third-order valence-electron chi connectivity index (χ3n) is 4.71. The minimum atomic E-state index is -0.0812. The number of carbonyl (C=O) groups is 1. The molecule has 0 atom stereocenters. The maximum absolute atomic E-state index is 13.0. The Bertz CT molecular complexity index is 937. The number of aryl methyl sites for hydroxylation is 2. The number of nitrogens with zero attached hydrogens (tertiary/aromatic N) is 2. The first-order valence-corrected chi connectivity index (χ1v) is 9.73. The summed E-state index contributed by atoms with van der Waals surface area (Å²) in [5.74, 6) is 0.872. The van der Waals surface area contributed by atoms with Gasteiger partial charge < -0.3 is 14.7 Å². The lowest BCUT2D eigenvalue weighted by molar-refractivity contribution is -0.119.